The molecule has 1 rings (SSSR count). The van der Waals surface area contributed by atoms with Crippen LogP contribution in [-0.4, -0.2) is 52.9 Å². The SMILES string of the molecule is CCCCC[C@](C)(O)/C=C/[C@@H]1[C@@H](C/C=C\CCCCOC(=O)NC)[C@@H](O)C[C@H]1O. The Labute approximate surface area is 176 Å². The Kier molecular flexibility index (Phi) is 12.2. The van der Waals surface area contributed by atoms with Crippen molar-refractivity contribution < 1.29 is 24.9 Å². The third-order valence-corrected chi connectivity index (χ3v) is 5.66. The Morgan fingerprint density at radius 1 is 1.17 bits per heavy atom. The van der Waals surface area contributed by atoms with Crippen molar-refractivity contribution in [2.75, 3.05) is 13.7 Å². The first-order chi connectivity index (χ1) is 13.8. The molecule has 6 nitrogen and oxygen atoms in total. The molecule has 0 unspecified atom stereocenters. The number of nitrogens with one attached hydrogen (secondary N) is 1. The number of ether oxygens (including phenoxy) is 1. The predicted molar refractivity (Wildman–Crippen MR) is 116 cm³/mol. The summed E-state index contributed by atoms with van der Waals surface area (Å²) >= 11 is 0. The zero-order valence-corrected chi connectivity index (χ0v) is 18.3. The van der Waals surface area contributed by atoms with Gasteiger partial charge >= 0.3 is 6.09 Å². The van der Waals surface area contributed by atoms with E-state index in [1.54, 1.807) is 13.0 Å². The summed E-state index contributed by atoms with van der Waals surface area (Å²) in [5, 5.41) is 33.6. The predicted octanol–water partition coefficient (Wildman–Crippen LogP) is 3.70. The standard InChI is InChI=1S/C23H41NO5/c1-4-5-10-14-23(2,28)15-13-19-18(20(25)17-21(19)26)12-9-7-6-8-11-16-29-22(27)24-3/h7,9,13,15,18-21,25-26,28H,4-6,8,10-12,14,16-17H2,1-3H3,(H,24,27)/b9-7-,15-13+/t18-,19-,20+,21-,23+/m1/s1. The summed E-state index contributed by atoms with van der Waals surface area (Å²) in [5.74, 6) is -0.186. The van der Waals surface area contributed by atoms with E-state index in [0.29, 0.717) is 25.9 Å². The van der Waals surface area contributed by atoms with E-state index < -0.39 is 23.9 Å². The summed E-state index contributed by atoms with van der Waals surface area (Å²) in [7, 11) is 1.54. The van der Waals surface area contributed by atoms with Crippen LogP contribution in [0.15, 0.2) is 24.3 Å². The van der Waals surface area contributed by atoms with Crippen molar-refractivity contribution in [3.63, 3.8) is 0 Å². The van der Waals surface area contributed by atoms with Crippen LogP contribution in [0, 0.1) is 11.8 Å². The van der Waals surface area contributed by atoms with Gasteiger partial charge < -0.3 is 25.4 Å². The minimum Gasteiger partial charge on any atom is -0.450 e. The Bertz CT molecular complexity index is 517. The van der Waals surface area contributed by atoms with Gasteiger partial charge in [0.15, 0.2) is 0 Å². The zero-order valence-electron chi connectivity index (χ0n) is 18.3. The van der Waals surface area contributed by atoms with E-state index in [2.05, 4.69) is 24.4 Å². The minimum atomic E-state index is -0.875. The van der Waals surface area contributed by atoms with Crippen molar-refractivity contribution in [1.82, 2.24) is 5.32 Å². The summed E-state index contributed by atoms with van der Waals surface area (Å²) in [6, 6.07) is 0. The van der Waals surface area contributed by atoms with Crippen LogP contribution in [-0.2, 0) is 4.74 Å². The van der Waals surface area contributed by atoms with Crippen molar-refractivity contribution in [3.8, 4) is 0 Å². The van der Waals surface area contributed by atoms with Crippen LogP contribution in [0.3, 0.4) is 0 Å². The Hall–Kier alpha value is -1.37. The third kappa shape index (κ3) is 10.3. The van der Waals surface area contributed by atoms with Gasteiger partial charge in [-0.3, -0.25) is 0 Å². The number of rotatable bonds is 13. The number of carbonyl (C=O) groups excluding carboxylic acids is 1. The quantitative estimate of drug-likeness (QED) is 0.274. The van der Waals surface area contributed by atoms with E-state index in [4.69, 9.17) is 4.74 Å². The Balaban J connectivity index is 2.43. The lowest BCUT2D eigenvalue weighted by molar-refractivity contribution is 0.0953. The van der Waals surface area contributed by atoms with E-state index in [-0.39, 0.29) is 11.8 Å². The fourth-order valence-corrected chi connectivity index (χ4v) is 3.81. The molecule has 1 aliphatic rings. The van der Waals surface area contributed by atoms with Gasteiger partial charge in [-0.15, -0.1) is 0 Å². The molecule has 6 heteroatoms. The van der Waals surface area contributed by atoms with Gasteiger partial charge in [-0.25, -0.2) is 4.79 Å². The van der Waals surface area contributed by atoms with Gasteiger partial charge in [-0.2, -0.15) is 0 Å². The van der Waals surface area contributed by atoms with E-state index in [1.807, 2.05) is 6.08 Å². The lowest BCUT2D eigenvalue weighted by Crippen LogP contribution is -2.24. The maximum atomic E-state index is 11.0. The van der Waals surface area contributed by atoms with Gasteiger partial charge in [0.1, 0.15) is 0 Å². The van der Waals surface area contributed by atoms with Gasteiger partial charge in [0.05, 0.1) is 24.4 Å². The molecule has 0 aliphatic heterocycles. The third-order valence-electron chi connectivity index (χ3n) is 5.66. The molecule has 29 heavy (non-hydrogen) atoms. The molecule has 0 saturated heterocycles. The highest BCUT2D eigenvalue weighted by Crippen LogP contribution is 2.37. The molecule has 1 fully saturated rings. The van der Waals surface area contributed by atoms with Crippen LogP contribution in [0.5, 0.6) is 0 Å². The van der Waals surface area contributed by atoms with E-state index in [9.17, 15) is 20.1 Å². The van der Waals surface area contributed by atoms with E-state index in [1.165, 1.54) is 7.05 Å². The first kappa shape index (κ1) is 25.7. The molecule has 0 aromatic carbocycles. The Morgan fingerprint density at radius 3 is 2.62 bits per heavy atom. The van der Waals surface area contributed by atoms with Crippen molar-refractivity contribution in [3.05, 3.63) is 24.3 Å². The fraction of sp³-hybridized carbons (Fsp3) is 0.783. The summed E-state index contributed by atoms with van der Waals surface area (Å²) in [4.78, 5) is 11.0. The minimum absolute atomic E-state index is 0.0412. The molecule has 0 aromatic heterocycles. The molecule has 1 amide bonds. The molecule has 0 spiro atoms. The van der Waals surface area contributed by atoms with Crippen molar-refractivity contribution in [2.45, 2.75) is 89.4 Å². The number of hydrogen-bond donors (Lipinski definition) is 4. The van der Waals surface area contributed by atoms with Gasteiger partial charge in [0, 0.05) is 19.4 Å². The van der Waals surface area contributed by atoms with Crippen LogP contribution >= 0.6 is 0 Å². The lowest BCUT2D eigenvalue weighted by atomic mass is 9.88. The van der Waals surface area contributed by atoms with Crippen molar-refractivity contribution in [1.29, 1.82) is 0 Å². The largest absolute Gasteiger partial charge is 0.450 e. The number of carbonyl (C=O) groups is 1. The molecule has 1 saturated carbocycles. The highest BCUT2D eigenvalue weighted by molar-refractivity contribution is 5.66. The van der Waals surface area contributed by atoms with Crippen molar-refractivity contribution >= 4 is 6.09 Å². The van der Waals surface area contributed by atoms with E-state index >= 15 is 0 Å². The molecule has 4 N–H and O–H groups in total. The van der Waals surface area contributed by atoms with Gasteiger partial charge in [0.25, 0.3) is 0 Å². The van der Waals surface area contributed by atoms with Crippen LogP contribution in [0.4, 0.5) is 4.79 Å². The number of aliphatic hydroxyl groups is 3. The number of hydrogen-bond acceptors (Lipinski definition) is 5. The Morgan fingerprint density at radius 2 is 1.93 bits per heavy atom. The molecular formula is C23H41NO5. The highest BCUT2D eigenvalue weighted by Gasteiger charge is 2.39. The second-order valence-electron chi connectivity index (χ2n) is 8.37. The molecule has 0 aromatic rings. The number of unbranched alkanes of at least 4 members (excludes halogenated alkanes) is 4. The molecule has 0 heterocycles. The van der Waals surface area contributed by atoms with Gasteiger partial charge in [-0.1, -0.05) is 50.5 Å². The molecule has 0 bridgehead atoms. The van der Waals surface area contributed by atoms with Crippen LogP contribution < -0.4 is 5.32 Å². The number of aliphatic hydroxyl groups excluding tert-OH is 2. The maximum absolute atomic E-state index is 11.0. The molecular weight excluding hydrogens is 370 g/mol. The van der Waals surface area contributed by atoms with Crippen LogP contribution in [0.2, 0.25) is 0 Å². The normalized spacial score (nSPS) is 26.8. The monoisotopic (exact) mass is 411 g/mol. The first-order valence-corrected chi connectivity index (χ1v) is 11.1. The number of allylic oxidation sites excluding steroid dienone is 2. The highest BCUT2D eigenvalue weighted by atomic mass is 16.5. The maximum Gasteiger partial charge on any atom is 0.406 e. The number of amides is 1. The summed E-state index contributed by atoms with van der Waals surface area (Å²) in [6.07, 6.45) is 13.9. The first-order valence-electron chi connectivity index (χ1n) is 11.1. The molecule has 5 atom stereocenters. The summed E-state index contributed by atoms with van der Waals surface area (Å²) in [5.41, 5.74) is -0.875. The zero-order chi connectivity index (χ0) is 21.7. The summed E-state index contributed by atoms with van der Waals surface area (Å²) in [6.45, 7) is 4.35. The molecule has 168 valence electrons. The lowest BCUT2D eigenvalue weighted by Gasteiger charge is -2.23. The van der Waals surface area contributed by atoms with Crippen LogP contribution in [0.25, 0.3) is 0 Å². The van der Waals surface area contributed by atoms with Crippen molar-refractivity contribution in [2.24, 2.45) is 11.8 Å². The fourth-order valence-electron chi connectivity index (χ4n) is 3.81. The molecule has 0 radical (unpaired) electrons. The topological polar surface area (TPSA) is 99.0 Å². The second kappa shape index (κ2) is 13.8. The average Bonchev–Trinajstić information content (AvgIpc) is 2.94. The van der Waals surface area contributed by atoms with Gasteiger partial charge in [0.2, 0.25) is 0 Å². The molecule has 1 aliphatic carbocycles. The second-order valence-corrected chi connectivity index (χ2v) is 8.37. The van der Waals surface area contributed by atoms with Crippen LogP contribution in [0.1, 0.15) is 71.6 Å². The number of alkyl carbamates (subject to hydrolysis) is 1. The van der Waals surface area contributed by atoms with Gasteiger partial charge in [-0.05, 0) is 44.9 Å². The smallest absolute Gasteiger partial charge is 0.406 e. The summed E-state index contributed by atoms with van der Waals surface area (Å²) < 4.78 is 4.94. The average molecular weight is 412 g/mol. The van der Waals surface area contributed by atoms with E-state index in [0.717, 1.165) is 38.5 Å².